The van der Waals surface area contributed by atoms with Crippen LogP contribution in [0.3, 0.4) is 0 Å². The van der Waals surface area contributed by atoms with Crippen LogP contribution in [0.2, 0.25) is 5.15 Å². The fourth-order valence-electron chi connectivity index (χ4n) is 2.87. The van der Waals surface area contributed by atoms with Gasteiger partial charge >= 0.3 is 0 Å². The SMILES string of the molecule is CC(O)(c1ccccc1)c1nn(C2CC2)c2cnc(Cl)cc12. The molecule has 1 atom stereocenters. The van der Waals surface area contributed by atoms with Gasteiger partial charge in [0, 0.05) is 5.39 Å². The summed E-state index contributed by atoms with van der Waals surface area (Å²) in [6.45, 7) is 1.77. The molecule has 1 aliphatic rings. The van der Waals surface area contributed by atoms with E-state index in [9.17, 15) is 5.11 Å². The molecule has 0 aliphatic heterocycles. The highest BCUT2D eigenvalue weighted by atomic mass is 35.5. The molecule has 0 radical (unpaired) electrons. The van der Waals surface area contributed by atoms with Crippen molar-refractivity contribution in [3.63, 3.8) is 0 Å². The van der Waals surface area contributed by atoms with E-state index in [1.807, 2.05) is 35.0 Å². The van der Waals surface area contributed by atoms with Crippen LogP contribution in [0.5, 0.6) is 0 Å². The smallest absolute Gasteiger partial charge is 0.131 e. The molecule has 1 fully saturated rings. The molecule has 112 valence electrons. The number of halogens is 1. The number of aliphatic hydroxyl groups is 1. The van der Waals surface area contributed by atoms with E-state index in [-0.39, 0.29) is 0 Å². The average molecular weight is 314 g/mol. The molecule has 0 amide bonds. The van der Waals surface area contributed by atoms with Crippen molar-refractivity contribution in [2.75, 3.05) is 0 Å². The van der Waals surface area contributed by atoms with Crippen molar-refractivity contribution in [2.45, 2.75) is 31.4 Å². The molecule has 3 aromatic rings. The minimum atomic E-state index is -1.18. The van der Waals surface area contributed by atoms with Crippen LogP contribution in [0, 0.1) is 0 Å². The Balaban J connectivity index is 1.96. The first kappa shape index (κ1) is 13.7. The highest BCUT2D eigenvalue weighted by Crippen LogP contribution is 2.40. The summed E-state index contributed by atoms with van der Waals surface area (Å²) in [5.41, 5.74) is 1.19. The quantitative estimate of drug-likeness (QED) is 0.750. The normalized spacial score (nSPS) is 17.6. The summed E-state index contributed by atoms with van der Waals surface area (Å²) >= 11 is 6.06. The fraction of sp³-hybridized carbons (Fsp3) is 0.294. The third kappa shape index (κ3) is 2.11. The molecule has 5 heteroatoms. The third-order valence-electron chi connectivity index (χ3n) is 4.25. The van der Waals surface area contributed by atoms with Crippen LogP contribution in [0.25, 0.3) is 10.9 Å². The molecule has 4 rings (SSSR count). The zero-order valence-electron chi connectivity index (χ0n) is 12.2. The number of fused-ring (bicyclic) bond motifs is 1. The number of nitrogens with zero attached hydrogens (tertiary/aromatic N) is 3. The number of hydrogen-bond acceptors (Lipinski definition) is 3. The fourth-order valence-corrected chi connectivity index (χ4v) is 3.02. The highest BCUT2D eigenvalue weighted by Gasteiger charge is 2.34. The second-order valence-corrected chi connectivity index (χ2v) is 6.37. The number of rotatable bonds is 3. The van der Waals surface area contributed by atoms with E-state index in [1.165, 1.54) is 0 Å². The summed E-state index contributed by atoms with van der Waals surface area (Å²) in [7, 11) is 0. The van der Waals surface area contributed by atoms with Crippen LogP contribution in [0.1, 0.15) is 37.1 Å². The van der Waals surface area contributed by atoms with Crippen molar-refractivity contribution in [1.82, 2.24) is 14.8 Å². The van der Waals surface area contributed by atoms with E-state index < -0.39 is 5.60 Å². The third-order valence-corrected chi connectivity index (χ3v) is 4.46. The summed E-state index contributed by atoms with van der Waals surface area (Å²) < 4.78 is 1.98. The van der Waals surface area contributed by atoms with Gasteiger partial charge in [0.2, 0.25) is 0 Å². The van der Waals surface area contributed by atoms with Crippen molar-refractivity contribution < 1.29 is 5.11 Å². The lowest BCUT2D eigenvalue weighted by Crippen LogP contribution is -2.24. The molecule has 22 heavy (non-hydrogen) atoms. The van der Waals surface area contributed by atoms with Gasteiger partial charge in [0.15, 0.2) is 0 Å². The number of aromatic nitrogens is 3. The molecular weight excluding hydrogens is 298 g/mol. The van der Waals surface area contributed by atoms with Gasteiger partial charge in [-0.15, -0.1) is 0 Å². The topological polar surface area (TPSA) is 50.9 Å². The first-order chi connectivity index (χ1) is 10.6. The van der Waals surface area contributed by atoms with Crippen LogP contribution in [-0.4, -0.2) is 19.9 Å². The lowest BCUT2D eigenvalue weighted by molar-refractivity contribution is 0.0980. The molecule has 1 N–H and O–H groups in total. The Hall–Kier alpha value is -1.91. The zero-order chi connectivity index (χ0) is 15.3. The first-order valence-electron chi connectivity index (χ1n) is 7.39. The molecule has 0 spiro atoms. The molecule has 1 aliphatic carbocycles. The summed E-state index contributed by atoms with van der Waals surface area (Å²) in [6, 6.07) is 11.8. The number of pyridine rings is 1. The summed E-state index contributed by atoms with van der Waals surface area (Å²) in [5.74, 6) is 0. The maximum absolute atomic E-state index is 11.1. The summed E-state index contributed by atoms with van der Waals surface area (Å²) in [6.07, 6.45) is 3.98. The Kier molecular flexibility index (Phi) is 2.99. The van der Waals surface area contributed by atoms with E-state index in [2.05, 4.69) is 4.98 Å². The van der Waals surface area contributed by atoms with E-state index in [0.29, 0.717) is 16.9 Å². The first-order valence-corrected chi connectivity index (χ1v) is 7.77. The van der Waals surface area contributed by atoms with Crippen molar-refractivity contribution in [2.24, 2.45) is 0 Å². The second-order valence-electron chi connectivity index (χ2n) is 5.99. The minimum Gasteiger partial charge on any atom is -0.379 e. The maximum atomic E-state index is 11.1. The van der Waals surface area contributed by atoms with Gasteiger partial charge in [-0.3, -0.25) is 4.68 Å². The van der Waals surface area contributed by atoms with Crippen molar-refractivity contribution >= 4 is 22.5 Å². The van der Waals surface area contributed by atoms with Gasteiger partial charge in [-0.1, -0.05) is 41.9 Å². The molecule has 2 aromatic heterocycles. The van der Waals surface area contributed by atoms with E-state index >= 15 is 0 Å². The van der Waals surface area contributed by atoms with E-state index in [1.54, 1.807) is 19.2 Å². The highest BCUT2D eigenvalue weighted by molar-refractivity contribution is 6.30. The van der Waals surface area contributed by atoms with Crippen LogP contribution < -0.4 is 0 Å². The predicted octanol–water partition coefficient (Wildman–Crippen LogP) is 3.68. The van der Waals surface area contributed by atoms with Crippen LogP contribution in [0.4, 0.5) is 0 Å². The van der Waals surface area contributed by atoms with Crippen molar-refractivity contribution in [3.05, 3.63) is 59.0 Å². The van der Waals surface area contributed by atoms with Gasteiger partial charge in [-0.25, -0.2) is 4.98 Å². The minimum absolute atomic E-state index is 0.408. The molecule has 0 bridgehead atoms. The van der Waals surface area contributed by atoms with Gasteiger partial charge in [0.05, 0.1) is 17.8 Å². The predicted molar refractivity (Wildman–Crippen MR) is 85.9 cm³/mol. The van der Waals surface area contributed by atoms with Crippen LogP contribution in [0.15, 0.2) is 42.6 Å². The zero-order valence-corrected chi connectivity index (χ0v) is 13.0. The Morgan fingerprint density at radius 1 is 1.27 bits per heavy atom. The molecular formula is C17H16ClN3O. The van der Waals surface area contributed by atoms with Gasteiger partial charge in [0.25, 0.3) is 0 Å². The standard InChI is InChI=1S/C17H16ClN3O/c1-17(22,11-5-3-2-4-6-11)16-13-9-15(18)19-10-14(13)21(20-16)12-7-8-12/h2-6,9-10,12,22H,7-8H2,1H3. The Morgan fingerprint density at radius 2 is 2.00 bits per heavy atom. The van der Waals surface area contributed by atoms with E-state index in [0.717, 1.165) is 29.3 Å². The summed E-state index contributed by atoms with van der Waals surface area (Å²) in [4.78, 5) is 4.17. The monoisotopic (exact) mass is 313 g/mol. The molecule has 2 heterocycles. The van der Waals surface area contributed by atoms with Gasteiger partial charge in [0.1, 0.15) is 16.4 Å². The lowest BCUT2D eigenvalue weighted by atomic mass is 9.91. The number of benzene rings is 1. The average Bonchev–Trinajstić information content (AvgIpc) is 3.29. The molecule has 0 saturated heterocycles. The van der Waals surface area contributed by atoms with Gasteiger partial charge in [-0.2, -0.15) is 5.10 Å². The second kappa shape index (κ2) is 4.80. The van der Waals surface area contributed by atoms with E-state index in [4.69, 9.17) is 16.7 Å². The molecule has 1 aromatic carbocycles. The maximum Gasteiger partial charge on any atom is 0.131 e. The largest absolute Gasteiger partial charge is 0.379 e. The molecule has 1 unspecified atom stereocenters. The Morgan fingerprint density at radius 3 is 2.68 bits per heavy atom. The summed E-state index contributed by atoms with van der Waals surface area (Å²) in [5, 5.41) is 17.1. The number of hydrogen-bond donors (Lipinski definition) is 1. The van der Waals surface area contributed by atoms with Gasteiger partial charge in [-0.05, 0) is 31.4 Å². The lowest BCUT2D eigenvalue weighted by Gasteiger charge is -2.22. The molecule has 4 nitrogen and oxygen atoms in total. The van der Waals surface area contributed by atoms with Gasteiger partial charge < -0.3 is 5.11 Å². The van der Waals surface area contributed by atoms with Crippen LogP contribution in [-0.2, 0) is 5.60 Å². The Labute approximate surface area is 133 Å². The van der Waals surface area contributed by atoms with Crippen molar-refractivity contribution in [1.29, 1.82) is 0 Å². The van der Waals surface area contributed by atoms with Crippen molar-refractivity contribution in [3.8, 4) is 0 Å². The molecule has 1 saturated carbocycles. The Bertz CT molecular complexity index is 838. The van der Waals surface area contributed by atoms with Crippen LogP contribution >= 0.6 is 11.6 Å².